The summed E-state index contributed by atoms with van der Waals surface area (Å²) in [5.74, 6) is -3.47. The maximum atomic E-state index is 13.0. The second-order valence-electron chi connectivity index (χ2n) is 7.59. The number of carboxylic acids is 2. The van der Waals surface area contributed by atoms with Gasteiger partial charge in [0.15, 0.2) is 5.69 Å². The van der Waals surface area contributed by atoms with Crippen LogP contribution in [0.2, 0.25) is 0 Å². The summed E-state index contributed by atoms with van der Waals surface area (Å²) in [6.45, 7) is 8.76. The van der Waals surface area contributed by atoms with Crippen molar-refractivity contribution in [3.8, 4) is 5.69 Å². The summed E-state index contributed by atoms with van der Waals surface area (Å²) in [6.07, 6.45) is 3.80. The van der Waals surface area contributed by atoms with Gasteiger partial charge in [0.1, 0.15) is 5.57 Å². The van der Waals surface area contributed by atoms with Crippen molar-refractivity contribution < 1.29 is 29.4 Å². The van der Waals surface area contributed by atoms with E-state index in [4.69, 9.17) is 5.11 Å². The quantitative estimate of drug-likeness (QED) is 0.186. The SMILES string of the molecule is CCN(CC)C(=O)C(=C/C=C/c1c(C(=O)O)[nH]n(-c2ccc(C(=O)O)cc2)c1=O)C(=O)N(CC)CC. The van der Waals surface area contributed by atoms with Gasteiger partial charge in [-0.25, -0.2) is 14.3 Å². The number of H-pyrrole nitrogens is 1. The number of nitrogens with zero attached hydrogens (tertiary/aromatic N) is 3. The maximum absolute atomic E-state index is 13.0. The minimum Gasteiger partial charge on any atom is -0.478 e. The average Bonchev–Trinajstić information content (AvgIpc) is 3.19. The van der Waals surface area contributed by atoms with Crippen LogP contribution in [0.25, 0.3) is 11.8 Å². The van der Waals surface area contributed by atoms with Crippen LogP contribution in [0.15, 0.2) is 46.8 Å². The lowest BCUT2D eigenvalue weighted by atomic mass is 10.1. The van der Waals surface area contributed by atoms with Crippen LogP contribution in [-0.2, 0) is 9.59 Å². The molecule has 0 atom stereocenters. The lowest BCUT2D eigenvalue weighted by Gasteiger charge is -2.24. The van der Waals surface area contributed by atoms with Crippen molar-refractivity contribution in [2.75, 3.05) is 26.2 Å². The average molecular weight is 499 g/mol. The molecule has 0 aliphatic rings. The number of nitrogens with one attached hydrogen (secondary N) is 1. The van der Waals surface area contributed by atoms with E-state index >= 15 is 0 Å². The Balaban J connectivity index is 2.56. The van der Waals surface area contributed by atoms with Gasteiger partial charge in [-0.15, -0.1) is 0 Å². The number of hydrogen-bond donors (Lipinski definition) is 3. The van der Waals surface area contributed by atoms with Crippen LogP contribution in [0.3, 0.4) is 0 Å². The first-order valence-corrected chi connectivity index (χ1v) is 11.5. The van der Waals surface area contributed by atoms with Gasteiger partial charge in [-0.3, -0.25) is 19.5 Å². The highest BCUT2D eigenvalue weighted by molar-refractivity contribution is 6.18. The van der Waals surface area contributed by atoms with Crippen molar-refractivity contribution >= 4 is 29.8 Å². The van der Waals surface area contributed by atoms with Crippen molar-refractivity contribution in [1.82, 2.24) is 19.6 Å². The molecule has 0 radical (unpaired) electrons. The monoisotopic (exact) mass is 498 g/mol. The van der Waals surface area contributed by atoms with Crippen molar-refractivity contribution in [1.29, 1.82) is 0 Å². The number of hydrogen-bond acceptors (Lipinski definition) is 5. The minimum atomic E-state index is -1.39. The number of aromatic amines is 1. The molecule has 0 saturated carbocycles. The van der Waals surface area contributed by atoms with Crippen molar-refractivity contribution in [2.24, 2.45) is 0 Å². The molecule has 36 heavy (non-hydrogen) atoms. The van der Waals surface area contributed by atoms with E-state index in [1.54, 1.807) is 27.7 Å². The molecule has 11 nitrogen and oxygen atoms in total. The molecule has 0 bridgehead atoms. The number of carbonyl (C=O) groups excluding carboxylic acids is 2. The molecule has 0 saturated heterocycles. The molecule has 11 heteroatoms. The number of benzene rings is 1. The Morgan fingerprint density at radius 1 is 0.861 bits per heavy atom. The summed E-state index contributed by atoms with van der Waals surface area (Å²) >= 11 is 0. The standard InChI is InChI=1S/C25H30N4O7/c1-5-27(6-2)21(30)19(22(31)28(7-3)8-4)11-9-10-18-20(25(35)36)26-29(23(18)32)17-14-12-16(13-15-17)24(33)34/h9-15,26H,5-8H2,1-4H3,(H,33,34)(H,35,36)/b10-9+. The summed E-state index contributed by atoms with van der Waals surface area (Å²) < 4.78 is 0.974. The third kappa shape index (κ3) is 5.98. The zero-order valence-electron chi connectivity index (χ0n) is 20.6. The van der Waals surface area contributed by atoms with Gasteiger partial charge in [0, 0.05) is 26.2 Å². The molecule has 0 spiro atoms. The fraction of sp³-hybridized carbons (Fsp3) is 0.320. The van der Waals surface area contributed by atoms with E-state index in [9.17, 15) is 29.1 Å². The summed E-state index contributed by atoms with van der Waals surface area (Å²) in [6, 6.07) is 5.30. The van der Waals surface area contributed by atoms with E-state index < -0.39 is 35.0 Å². The van der Waals surface area contributed by atoms with Crippen LogP contribution in [0.1, 0.15) is 54.1 Å². The van der Waals surface area contributed by atoms with E-state index in [0.29, 0.717) is 26.2 Å². The van der Waals surface area contributed by atoms with Gasteiger partial charge in [-0.2, -0.15) is 0 Å². The number of allylic oxidation sites excluding steroid dienone is 2. The largest absolute Gasteiger partial charge is 0.478 e. The number of likely N-dealkylation sites (N-methyl/N-ethyl adjacent to an activating group) is 2. The molecule has 192 valence electrons. The van der Waals surface area contributed by atoms with Gasteiger partial charge in [0.05, 0.1) is 16.8 Å². The molecule has 1 heterocycles. The zero-order chi connectivity index (χ0) is 27.0. The molecule has 0 fully saturated rings. The molecule has 3 N–H and O–H groups in total. The van der Waals surface area contributed by atoms with Gasteiger partial charge < -0.3 is 20.0 Å². The van der Waals surface area contributed by atoms with E-state index in [-0.39, 0.29) is 22.4 Å². The van der Waals surface area contributed by atoms with Gasteiger partial charge in [-0.1, -0.05) is 6.08 Å². The van der Waals surface area contributed by atoms with Gasteiger partial charge >= 0.3 is 11.9 Å². The summed E-state index contributed by atoms with van der Waals surface area (Å²) in [4.78, 5) is 64.8. The Morgan fingerprint density at radius 3 is 1.78 bits per heavy atom. The Hall–Kier alpha value is -4.41. The van der Waals surface area contributed by atoms with Crippen LogP contribution in [0.5, 0.6) is 0 Å². The topological polar surface area (TPSA) is 153 Å². The lowest BCUT2D eigenvalue weighted by molar-refractivity contribution is -0.133. The van der Waals surface area contributed by atoms with Gasteiger partial charge in [0.2, 0.25) is 0 Å². The molecule has 0 aliphatic heterocycles. The highest BCUT2D eigenvalue weighted by Gasteiger charge is 2.25. The summed E-state index contributed by atoms with van der Waals surface area (Å²) in [5.41, 5.74) is -1.17. The second kappa shape index (κ2) is 12.3. The highest BCUT2D eigenvalue weighted by Crippen LogP contribution is 2.13. The first-order valence-electron chi connectivity index (χ1n) is 11.5. The number of aromatic carboxylic acids is 2. The molecule has 1 aromatic carbocycles. The molecule has 2 aromatic rings. The predicted molar refractivity (Wildman–Crippen MR) is 133 cm³/mol. The second-order valence-corrected chi connectivity index (χ2v) is 7.59. The van der Waals surface area contributed by atoms with E-state index in [1.807, 2.05) is 0 Å². The van der Waals surface area contributed by atoms with Crippen molar-refractivity contribution in [3.05, 3.63) is 69.2 Å². The molecule has 1 aromatic heterocycles. The van der Waals surface area contributed by atoms with Gasteiger partial charge in [-0.05, 0) is 64.1 Å². The predicted octanol–water partition coefficient (Wildman–Crippen LogP) is 2.24. The number of amides is 2. The summed E-state index contributed by atoms with van der Waals surface area (Å²) in [5, 5.41) is 21.2. The van der Waals surface area contributed by atoms with Crippen LogP contribution in [-0.4, -0.2) is 79.7 Å². The third-order valence-electron chi connectivity index (χ3n) is 5.60. The third-order valence-corrected chi connectivity index (χ3v) is 5.60. The van der Waals surface area contributed by atoms with Crippen LogP contribution >= 0.6 is 0 Å². The Morgan fingerprint density at radius 2 is 1.36 bits per heavy atom. The highest BCUT2D eigenvalue weighted by atomic mass is 16.4. The fourth-order valence-corrected chi connectivity index (χ4v) is 3.54. The van der Waals surface area contributed by atoms with E-state index in [2.05, 4.69) is 5.10 Å². The summed E-state index contributed by atoms with van der Waals surface area (Å²) in [7, 11) is 0. The number of rotatable bonds is 11. The molecule has 2 rings (SSSR count). The number of carbonyl (C=O) groups is 4. The Bertz CT molecular complexity index is 1220. The zero-order valence-corrected chi connectivity index (χ0v) is 20.6. The fourth-order valence-electron chi connectivity index (χ4n) is 3.54. The van der Waals surface area contributed by atoms with E-state index in [0.717, 1.165) is 4.68 Å². The Kier molecular flexibility index (Phi) is 9.54. The maximum Gasteiger partial charge on any atom is 0.354 e. The van der Waals surface area contributed by atoms with Crippen molar-refractivity contribution in [3.63, 3.8) is 0 Å². The smallest absolute Gasteiger partial charge is 0.354 e. The molecule has 2 amide bonds. The van der Waals surface area contributed by atoms with Crippen LogP contribution in [0.4, 0.5) is 0 Å². The lowest BCUT2D eigenvalue weighted by Crippen LogP contribution is -2.40. The van der Waals surface area contributed by atoms with Crippen LogP contribution < -0.4 is 5.56 Å². The van der Waals surface area contributed by atoms with E-state index in [1.165, 1.54) is 52.3 Å². The normalized spacial score (nSPS) is 10.8. The number of aromatic nitrogens is 2. The molecular formula is C25H30N4O7. The first kappa shape index (κ1) is 27.8. The first-order chi connectivity index (χ1) is 17.1. The molecule has 0 aliphatic carbocycles. The minimum absolute atomic E-state index is 0.00494. The molecular weight excluding hydrogens is 468 g/mol. The number of carboxylic acid groups (broad SMARTS) is 2. The van der Waals surface area contributed by atoms with Crippen LogP contribution in [0, 0.1) is 0 Å². The van der Waals surface area contributed by atoms with Gasteiger partial charge in [0.25, 0.3) is 17.4 Å². The Labute approximate surface area is 207 Å². The van der Waals surface area contributed by atoms with Crippen molar-refractivity contribution in [2.45, 2.75) is 27.7 Å². The molecule has 0 unspecified atom stereocenters.